The average Bonchev–Trinajstić information content (AvgIpc) is 3.02. The van der Waals surface area contributed by atoms with Gasteiger partial charge in [0, 0.05) is 18.1 Å². The van der Waals surface area contributed by atoms with Crippen LogP contribution in [0.5, 0.6) is 0 Å². The predicted molar refractivity (Wildman–Crippen MR) is 82.4 cm³/mol. The van der Waals surface area contributed by atoms with E-state index in [1.165, 1.54) is 13.0 Å². The second-order valence-electron chi connectivity index (χ2n) is 6.93. The van der Waals surface area contributed by atoms with Crippen molar-refractivity contribution >= 4 is 0 Å². The Bertz CT molecular complexity index is 251. The monoisotopic (exact) mass is 270 g/mol. The van der Waals surface area contributed by atoms with E-state index in [9.17, 15) is 5.11 Å². The molecule has 0 aliphatic heterocycles. The van der Waals surface area contributed by atoms with Crippen molar-refractivity contribution in [2.45, 2.75) is 65.0 Å². The highest BCUT2D eigenvalue weighted by Gasteiger charge is 2.33. The molecule has 3 unspecified atom stereocenters. The van der Waals surface area contributed by atoms with Crippen LogP contribution in [0.25, 0.3) is 0 Å². The number of aliphatic hydroxyl groups excluding tert-OH is 1. The molecule has 1 saturated carbocycles. The first-order valence-corrected chi connectivity index (χ1v) is 7.99. The molecule has 1 aliphatic carbocycles. The second-order valence-corrected chi connectivity index (χ2v) is 6.93. The number of rotatable bonds is 10. The minimum Gasteiger partial charge on any atom is -0.394 e. The largest absolute Gasteiger partial charge is 0.394 e. The highest BCUT2D eigenvalue weighted by atomic mass is 16.3. The molecule has 0 aromatic rings. The molecule has 0 heterocycles. The Balaban J connectivity index is 2.26. The molecule has 0 spiro atoms. The smallest absolute Gasteiger partial charge is 0.0613 e. The van der Waals surface area contributed by atoms with Crippen LogP contribution < -0.4 is 5.32 Å². The zero-order chi connectivity index (χ0) is 14.5. The first-order valence-electron chi connectivity index (χ1n) is 7.99. The molecule has 2 N–H and O–H groups in total. The fourth-order valence-electron chi connectivity index (χ4n) is 3.03. The second kappa shape index (κ2) is 7.61. The van der Waals surface area contributed by atoms with Crippen molar-refractivity contribution in [3.63, 3.8) is 0 Å². The Morgan fingerprint density at radius 2 is 2.05 bits per heavy atom. The summed E-state index contributed by atoms with van der Waals surface area (Å²) in [7, 11) is 2.23. The maximum Gasteiger partial charge on any atom is 0.0613 e. The molecule has 0 amide bonds. The molecule has 19 heavy (non-hydrogen) atoms. The Morgan fingerprint density at radius 3 is 2.47 bits per heavy atom. The van der Waals surface area contributed by atoms with Gasteiger partial charge in [0.15, 0.2) is 0 Å². The van der Waals surface area contributed by atoms with Gasteiger partial charge in [-0.3, -0.25) is 0 Å². The SMILES string of the molecule is CCC(CO)(CCCN(C)CC1CC1C)NC(C)C. The number of hydrogen-bond donors (Lipinski definition) is 2. The zero-order valence-corrected chi connectivity index (χ0v) is 13.6. The molecule has 3 heteroatoms. The summed E-state index contributed by atoms with van der Waals surface area (Å²) < 4.78 is 0. The van der Waals surface area contributed by atoms with Gasteiger partial charge in [-0.15, -0.1) is 0 Å². The van der Waals surface area contributed by atoms with Crippen LogP contribution in [0, 0.1) is 11.8 Å². The number of aliphatic hydroxyl groups is 1. The first-order chi connectivity index (χ1) is 8.92. The molecular formula is C16H34N2O. The summed E-state index contributed by atoms with van der Waals surface area (Å²) in [4.78, 5) is 2.46. The van der Waals surface area contributed by atoms with E-state index in [-0.39, 0.29) is 12.1 Å². The third kappa shape index (κ3) is 5.80. The van der Waals surface area contributed by atoms with E-state index in [4.69, 9.17) is 0 Å². The molecule has 3 nitrogen and oxygen atoms in total. The van der Waals surface area contributed by atoms with Crippen molar-refractivity contribution in [1.82, 2.24) is 10.2 Å². The van der Waals surface area contributed by atoms with Gasteiger partial charge in [-0.1, -0.05) is 27.7 Å². The Labute approximate surface area is 119 Å². The molecule has 0 saturated heterocycles. The standard InChI is InChI=1S/C16H34N2O/c1-6-16(12-19,17-13(2)3)8-7-9-18(5)11-15-10-14(15)4/h13-15,17,19H,6-12H2,1-5H3. The van der Waals surface area contributed by atoms with Crippen molar-refractivity contribution in [3.8, 4) is 0 Å². The number of hydrogen-bond acceptors (Lipinski definition) is 3. The topological polar surface area (TPSA) is 35.5 Å². The zero-order valence-electron chi connectivity index (χ0n) is 13.6. The molecular weight excluding hydrogens is 236 g/mol. The summed E-state index contributed by atoms with van der Waals surface area (Å²) >= 11 is 0. The van der Waals surface area contributed by atoms with Crippen LogP contribution in [0.3, 0.4) is 0 Å². The number of nitrogens with one attached hydrogen (secondary N) is 1. The normalized spacial score (nSPS) is 25.9. The van der Waals surface area contributed by atoms with Gasteiger partial charge in [-0.25, -0.2) is 0 Å². The summed E-state index contributed by atoms with van der Waals surface area (Å²) in [5.74, 6) is 1.88. The summed E-state index contributed by atoms with van der Waals surface area (Å²) in [6, 6.07) is 0.428. The first kappa shape index (κ1) is 16.9. The van der Waals surface area contributed by atoms with Crippen LogP contribution in [0.15, 0.2) is 0 Å². The van der Waals surface area contributed by atoms with Crippen molar-refractivity contribution in [2.75, 3.05) is 26.7 Å². The van der Waals surface area contributed by atoms with Crippen LogP contribution in [0.4, 0.5) is 0 Å². The molecule has 0 aromatic carbocycles. The third-order valence-electron chi connectivity index (χ3n) is 4.59. The fraction of sp³-hybridized carbons (Fsp3) is 1.00. The summed E-state index contributed by atoms with van der Waals surface area (Å²) in [5, 5.41) is 13.3. The van der Waals surface area contributed by atoms with Crippen molar-refractivity contribution in [1.29, 1.82) is 0 Å². The predicted octanol–water partition coefficient (Wildman–Crippen LogP) is 2.49. The van der Waals surface area contributed by atoms with Gasteiger partial charge in [0.05, 0.1) is 6.61 Å². The molecule has 114 valence electrons. The average molecular weight is 270 g/mol. The van der Waals surface area contributed by atoms with Crippen molar-refractivity contribution in [2.24, 2.45) is 11.8 Å². The highest BCUT2D eigenvalue weighted by molar-refractivity contribution is 4.88. The van der Waals surface area contributed by atoms with Crippen molar-refractivity contribution < 1.29 is 5.11 Å². The lowest BCUT2D eigenvalue weighted by Crippen LogP contribution is -2.51. The van der Waals surface area contributed by atoms with E-state index in [2.05, 4.69) is 45.0 Å². The summed E-state index contributed by atoms with van der Waals surface area (Å²) in [5.41, 5.74) is -0.0815. The van der Waals surface area contributed by atoms with Gasteiger partial charge >= 0.3 is 0 Å². The van der Waals surface area contributed by atoms with Crippen LogP contribution in [-0.4, -0.2) is 48.3 Å². The molecule has 0 bridgehead atoms. The van der Waals surface area contributed by atoms with Gasteiger partial charge in [-0.05, 0) is 51.1 Å². The minimum atomic E-state index is -0.0815. The van der Waals surface area contributed by atoms with E-state index in [1.807, 2.05) is 0 Å². The Kier molecular flexibility index (Phi) is 6.78. The third-order valence-corrected chi connectivity index (χ3v) is 4.59. The maximum absolute atomic E-state index is 9.70. The van der Waals surface area contributed by atoms with E-state index in [0.29, 0.717) is 6.04 Å². The van der Waals surface area contributed by atoms with E-state index in [1.54, 1.807) is 0 Å². The van der Waals surface area contributed by atoms with Gasteiger partial charge in [0.2, 0.25) is 0 Å². The van der Waals surface area contributed by atoms with Gasteiger partial charge in [0.25, 0.3) is 0 Å². The quantitative estimate of drug-likeness (QED) is 0.640. The fourth-order valence-corrected chi connectivity index (χ4v) is 3.03. The van der Waals surface area contributed by atoms with Gasteiger partial charge < -0.3 is 15.3 Å². The van der Waals surface area contributed by atoms with Crippen LogP contribution in [0.2, 0.25) is 0 Å². The van der Waals surface area contributed by atoms with Crippen molar-refractivity contribution in [3.05, 3.63) is 0 Å². The highest BCUT2D eigenvalue weighted by Crippen LogP contribution is 2.37. The molecule has 0 aromatic heterocycles. The molecule has 0 radical (unpaired) electrons. The van der Waals surface area contributed by atoms with Crippen LogP contribution >= 0.6 is 0 Å². The van der Waals surface area contributed by atoms with E-state index in [0.717, 1.165) is 37.6 Å². The van der Waals surface area contributed by atoms with E-state index < -0.39 is 0 Å². The lowest BCUT2D eigenvalue weighted by molar-refractivity contribution is 0.131. The Hall–Kier alpha value is -0.120. The summed E-state index contributed by atoms with van der Waals surface area (Å²) in [6.45, 7) is 11.5. The molecule has 3 atom stereocenters. The molecule has 1 fully saturated rings. The molecule has 1 rings (SSSR count). The van der Waals surface area contributed by atoms with Crippen LogP contribution in [-0.2, 0) is 0 Å². The molecule has 1 aliphatic rings. The minimum absolute atomic E-state index is 0.0815. The Morgan fingerprint density at radius 1 is 1.42 bits per heavy atom. The maximum atomic E-state index is 9.70. The van der Waals surface area contributed by atoms with Crippen LogP contribution in [0.1, 0.15) is 53.4 Å². The van der Waals surface area contributed by atoms with Gasteiger partial charge in [0.1, 0.15) is 0 Å². The lowest BCUT2D eigenvalue weighted by Gasteiger charge is -2.35. The number of nitrogens with zero attached hydrogens (tertiary/aromatic N) is 1. The van der Waals surface area contributed by atoms with Gasteiger partial charge in [-0.2, -0.15) is 0 Å². The van der Waals surface area contributed by atoms with E-state index >= 15 is 0 Å². The lowest BCUT2D eigenvalue weighted by atomic mass is 9.90. The summed E-state index contributed by atoms with van der Waals surface area (Å²) in [6.07, 6.45) is 4.62.